The van der Waals surface area contributed by atoms with Crippen molar-refractivity contribution in [1.29, 1.82) is 0 Å². The lowest BCUT2D eigenvalue weighted by molar-refractivity contribution is 0.102. The minimum absolute atomic E-state index is 0.178. The van der Waals surface area contributed by atoms with E-state index in [4.69, 9.17) is 11.2 Å². The van der Waals surface area contributed by atoms with Crippen molar-refractivity contribution in [2.45, 2.75) is 19.3 Å². The van der Waals surface area contributed by atoms with Gasteiger partial charge in [-0.2, -0.15) is 0 Å². The number of amides is 1. The van der Waals surface area contributed by atoms with E-state index in [1.165, 1.54) is 6.42 Å². The second kappa shape index (κ2) is 8.20. The summed E-state index contributed by atoms with van der Waals surface area (Å²) in [6, 6.07) is 10.8. The summed E-state index contributed by atoms with van der Waals surface area (Å²) < 4.78 is 5.39. The highest BCUT2D eigenvalue weighted by Gasteiger charge is 2.19. The number of rotatable bonds is 5. The zero-order chi connectivity index (χ0) is 17.5. The molecule has 1 aliphatic heterocycles. The summed E-state index contributed by atoms with van der Waals surface area (Å²) >= 11 is 0. The van der Waals surface area contributed by atoms with Crippen LogP contribution in [-0.4, -0.2) is 30.6 Å². The molecule has 0 radical (unpaired) electrons. The summed E-state index contributed by atoms with van der Waals surface area (Å²) in [6.45, 7) is 2.07. The topological polar surface area (TPSA) is 54.5 Å². The molecule has 1 aliphatic rings. The molecular formula is C20H21N3O2. The SMILES string of the molecule is C#CCOc1cccc(NC(=O)c2cccnc2N2CCCCC2)c1. The molecule has 1 N–H and O–H groups in total. The first-order valence-corrected chi connectivity index (χ1v) is 8.45. The molecule has 5 heteroatoms. The van der Waals surface area contributed by atoms with Crippen LogP contribution in [0.5, 0.6) is 5.75 Å². The molecule has 1 aromatic carbocycles. The molecule has 2 aromatic rings. The molecule has 1 aromatic heterocycles. The molecule has 5 nitrogen and oxygen atoms in total. The first-order valence-electron chi connectivity index (χ1n) is 8.45. The van der Waals surface area contributed by atoms with Crippen LogP contribution in [0.3, 0.4) is 0 Å². The predicted molar refractivity (Wildman–Crippen MR) is 99.0 cm³/mol. The van der Waals surface area contributed by atoms with Gasteiger partial charge < -0.3 is 15.0 Å². The van der Waals surface area contributed by atoms with Crippen molar-refractivity contribution in [2.24, 2.45) is 0 Å². The maximum atomic E-state index is 12.8. The quantitative estimate of drug-likeness (QED) is 0.852. The van der Waals surface area contributed by atoms with E-state index in [9.17, 15) is 4.79 Å². The van der Waals surface area contributed by atoms with Crippen molar-refractivity contribution in [3.05, 3.63) is 48.2 Å². The van der Waals surface area contributed by atoms with Gasteiger partial charge >= 0.3 is 0 Å². The second-order valence-electron chi connectivity index (χ2n) is 5.90. The number of pyridine rings is 1. The van der Waals surface area contributed by atoms with Crippen molar-refractivity contribution in [3.63, 3.8) is 0 Å². The average Bonchev–Trinajstić information content (AvgIpc) is 2.67. The fourth-order valence-corrected chi connectivity index (χ4v) is 2.92. The molecule has 0 atom stereocenters. The fourth-order valence-electron chi connectivity index (χ4n) is 2.92. The van der Waals surface area contributed by atoms with Crippen LogP contribution < -0.4 is 15.0 Å². The van der Waals surface area contributed by atoms with Gasteiger partial charge in [-0.1, -0.05) is 12.0 Å². The Morgan fingerprint density at radius 1 is 1.24 bits per heavy atom. The van der Waals surface area contributed by atoms with Crippen molar-refractivity contribution in [1.82, 2.24) is 4.98 Å². The molecule has 1 fully saturated rings. The van der Waals surface area contributed by atoms with Crippen LogP contribution in [0.2, 0.25) is 0 Å². The summed E-state index contributed by atoms with van der Waals surface area (Å²) in [5.74, 6) is 3.62. The Bertz CT molecular complexity index is 777. The number of nitrogens with zero attached hydrogens (tertiary/aromatic N) is 2. The third kappa shape index (κ3) is 4.30. The van der Waals surface area contributed by atoms with E-state index in [1.807, 2.05) is 18.2 Å². The Morgan fingerprint density at radius 2 is 2.08 bits per heavy atom. The number of terminal acetylenes is 1. The number of piperidine rings is 1. The summed E-state index contributed by atoms with van der Waals surface area (Å²) in [7, 11) is 0. The summed E-state index contributed by atoms with van der Waals surface area (Å²) in [5.41, 5.74) is 1.24. The van der Waals surface area contributed by atoms with Gasteiger partial charge in [0.15, 0.2) is 0 Å². The highest BCUT2D eigenvalue weighted by molar-refractivity contribution is 6.07. The number of hydrogen-bond donors (Lipinski definition) is 1. The smallest absolute Gasteiger partial charge is 0.259 e. The van der Waals surface area contributed by atoms with E-state index in [2.05, 4.69) is 21.1 Å². The predicted octanol–water partition coefficient (Wildman–Crippen LogP) is 3.34. The van der Waals surface area contributed by atoms with E-state index in [0.29, 0.717) is 17.0 Å². The highest BCUT2D eigenvalue weighted by Crippen LogP contribution is 2.23. The lowest BCUT2D eigenvalue weighted by atomic mass is 10.1. The van der Waals surface area contributed by atoms with Gasteiger partial charge in [0.25, 0.3) is 5.91 Å². The average molecular weight is 335 g/mol. The Morgan fingerprint density at radius 3 is 2.88 bits per heavy atom. The number of carbonyl (C=O) groups excluding carboxylic acids is 1. The normalized spacial score (nSPS) is 13.8. The number of ether oxygens (including phenoxy) is 1. The standard InChI is InChI=1S/C20H21N3O2/c1-2-14-25-17-9-6-8-16(15-17)22-20(24)18-10-7-11-21-19(18)23-12-4-3-5-13-23/h1,6-11,15H,3-5,12-14H2,(H,22,24). The third-order valence-electron chi connectivity index (χ3n) is 4.10. The molecule has 2 heterocycles. The van der Waals surface area contributed by atoms with E-state index in [1.54, 1.807) is 24.4 Å². The minimum Gasteiger partial charge on any atom is -0.481 e. The number of hydrogen-bond acceptors (Lipinski definition) is 4. The maximum Gasteiger partial charge on any atom is 0.259 e. The molecule has 1 saturated heterocycles. The highest BCUT2D eigenvalue weighted by atomic mass is 16.5. The number of anilines is 2. The minimum atomic E-state index is -0.178. The monoisotopic (exact) mass is 335 g/mol. The molecule has 0 bridgehead atoms. The molecule has 0 spiro atoms. The second-order valence-corrected chi connectivity index (χ2v) is 5.90. The lowest BCUT2D eigenvalue weighted by Crippen LogP contribution is -2.32. The molecule has 0 unspecified atom stereocenters. The molecule has 0 aliphatic carbocycles. The van der Waals surface area contributed by atoms with Gasteiger partial charge in [0, 0.05) is 31.0 Å². The summed E-state index contributed by atoms with van der Waals surface area (Å²) in [4.78, 5) is 19.4. The summed E-state index contributed by atoms with van der Waals surface area (Å²) in [5, 5.41) is 2.92. The Balaban J connectivity index is 1.76. The zero-order valence-corrected chi connectivity index (χ0v) is 14.1. The number of benzene rings is 1. The first-order chi connectivity index (χ1) is 12.3. The van der Waals surface area contributed by atoms with Gasteiger partial charge in [-0.3, -0.25) is 4.79 Å². The molecular weight excluding hydrogens is 314 g/mol. The zero-order valence-electron chi connectivity index (χ0n) is 14.1. The Labute approximate surface area is 148 Å². The van der Waals surface area contributed by atoms with Gasteiger partial charge in [-0.05, 0) is 43.5 Å². The Hall–Kier alpha value is -3.00. The molecule has 25 heavy (non-hydrogen) atoms. The van der Waals surface area contributed by atoms with E-state index in [-0.39, 0.29) is 12.5 Å². The Kier molecular flexibility index (Phi) is 5.53. The van der Waals surface area contributed by atoms with Crippen LogP contribution in [0, 0.1) is 12.3 Å². The van der Waals surface area contributed by atoms with E-state index in [0.717, 1.165) is 31.7 Å². The molecule has 128 valence electrons. The maximum absolute atomic E-state index is 12.8. The van der Waals surface area contributed by atoms with Gasteiger partial charge in [-0.15, -0.1) is 6.42 Å². The summed E-state index contributed by atoms with van der Waals surface area (Å²) in [6.07, 6.45) is 10.4. The van der Waals surface area contributed by atoms with Crippen LogP contribution in [0.4, 0.5) is 11.5 Å². The largest absolute Gasteiger partial charge is 0.481 e. The van der Waals surface area contributed by atoms with Gasteiger partial charge in [-0.25, -0.2) is 4.98 Å². The van der Waals surface area contributed by atoms with Crippen LogP contribution in [0.15, 0.2) is 42.6 Å². The van der Waals surface area contributed by atoms with Crippen molar-refractivity contribution < 1.29 is 9.53 Å². The third-order valence-corrected chi connectivity index (χ3v) is 4.10. The first kappa shape index (κ1) is 16.8. The van der Waals surface area contributed by atoms with E-state index < -0.39 is 0 Å². The number of nitrogens with one attached hydrogen (secondary N) is 1. The van der Waals surface area contributed by atoms with Crippen LogP contribution in [0.25, 0.3) is 0 Å². The number of carbonyl (C=O) groups is 1. The van der Waals surface area contributed by atoms with Crippen LogP contribution in [-0.2, 0) is 0 Å². The fraction of sp³-hybridized carbons (Fsp3) is 0.300. The van der Waals surface area contributed by atoms with Crippen LogP contribution in [0.1, 0.15) is 29.6 Å². The number of aromatic nitrogens is 1. The molecule has 0 saturated carbocycles. The van der Waals surface area contributed by atoms with Gasteiger partial charge in [0.2, 0.25) is 0 Å². The van der Waals surface area contributed by atoms with E-state index >= 15 is 0 Å². The van der Waals surface area contributed by atoms with Gasteiger partial charge in [0.05, 0.1) is 5.56 Å². The molecule has 3 rings (SSSR count). The lowest BCUT2D eigenvalue weighted by Gasteiger charge is -2.29. The molecule has 1 amide bonds. The van der Waals surface area contributed by atoms with Crippen molar-refractivity contribution in [3.8, 4) is 18.1 Å². The van der Waals surface area contributed by atoms with Gasteiger partial charge in [0.1, 0.15) is 18.2 Å². The van der Waals surface area contributed by atoms with Crippen molar-refractivity contribution >= 4 is 17.4 Å². The van der Waals surface area contributed by atoms with Crippen molar-refractivity contribution in [2.75, 3.05) is 29.9 Å². The van der Waals surface area contributed by atoms with Crippen LogP contribution >= 0.6 is 0 Å².